The van der Waals surface area contributed by atoms with E-state index in [1.165, 1.54) is 52.6 Å². The van der Waals surface area contributed by atoms with Crippen LogP contribution < -0.4 is 45.5 Å². The second-order valence-corrected chi connectivity index (χ2v) is 28.9. The van der Waals surface area contributed by atoms with Gasteiger partial charge in [0.2, 0.25) is 5.91 Å². The van der Waals surface area contributed by atoms with Gasteiger partial charge in [0.05, 0.1) is 25.3 Å². The lowest BCUT2D eigenvalue weighted by Crippen LogP contribution is -2.32. The van der Waals surface area contributed by atoms with Crippen LogP contribution in [0.4, 0.5) is 0 Å². The number of carbonyl (C=O) groups excluding carboxylic acids is 9. The molecular formula is C88H108N10O24S. The predicted octanol–water partition coefficient (Wildman–Crippen LogP) is 5.21. The number of aliphatic carboxylic acids is 7. The van der Waals surface area contributed by atoms with E-state index in [0.717, 1.165) is 72.5 Å². The van der Waals surface area contributed by atoms with Crippen molar-refractivity contribution < 1.29 is 117 Å². The quantitative estimate of drug-likeness (QED) is 0.00773. The second-order valence-electron chi connectivity index (χ2n) is 27.8. The molecule has 7 unspecified atom stereocenters. The number of hydrogen-bond donors (Lipinski definition) is 15. The Hall–Kier alpha value is -13.1. The van der Waals surface area contributed by atoms with Crippen LogP contribution in [0.1, 0.15) is 143 Å². The van der Waals surface area contributed by atoms with E-state index < -0.39 is 84.1 Å². The number of benzene rings is 7. The summed E-state index contributed by atoms with van der Waals surface area (Å²) in [5, 5.41) is 63.2. The van der Waals surface area contributed by atoms with Crippen molar-refractivity contribution in [1.82, 2.24) is 5.32 Å². The molecule has 0 aliphatic carbocycles. The van der Waals surface area contributed by atoms with E-state index in [0.29, 0.717) is 42.6 Å². The lowest BCUT2D eigenvalue weighted by atomic mass is 10.0. The molecule has 0 aromatic heterocycles. The Morgan fingerprint density at radius 3 is 0.951 bits per heavy atom. The van der Waals surface area contributed by atoms with Gasteiger partial charge in [-0.25, -0.2) is 4.99 Å². The second kappa shape index (κ2) is 58.7. The summed E-state index contributed by atoms with van der Waals surface area (Å²) in [6.45, 7) is 10.4. The fraction of sp³-hybridized carbons (Fsp3) is 0.318. The number of esters is 1. The summed E-state index contributed by atoms with van der Waals surface area (Å²) >= 11 is 1.47. The summed E-state index contributed by atoms with van der Waals surface area (Å²) in [5.41, 5.74) is 48.2. The van der Waals surface area contributed by atoms with Crippen LogP contribution >= 0.6 is 11.8 Å². The molecule has 7 aromatic carbocycles. The minimum Gasteiger partial charge on any atom is -0.480 e. The third kappa shape index (κ3) is 51.2. The van der Waals surface area contributed by atoms with Crippen LogP contribution in [-0.4, -0.2) is 204 Å². The molecule has 0 heterocycles. The number of carbonyl (C=O) groups is 16. The fourth-order valence-electron chi connectivity index (χ4n) is 9.59. The van der Waals surface area contributed by atoms with Gasteiger partial charge in [0.25, 0.3) is 5.91 Å². The topological polar surface area (TPSA) is 643 Å². The van der Waals surface area contributed by atoms with Crippen LogP contribution in [-0.2, 0) is 130 Å². The Labute approximate surface area is 715 Å². The number of rotatable bonds is 39. The maximum absolute atomic E-state index is 11.6. The first kappa shape index (κ1) is 108. The number of nitrogens with one attached hydrogen (secondary N) is 1. The molecule has 0 bridgehead atoms. The number of carboxylic acids is 7. The van der Waals surface area contributed by atoms with Gasteiger partial charge in [-0.3, -0.25) is 76.9 Å². The van der Waals surface area contributed by atoms with Crippen molar-refractivity contribution in [3.8, 4) is 0 Å². The van der Waals surface area contributed by atoms with E-state index in [-0.39, 0.29) is 104 Å². The average molecular weight is 1720 g/mol. The maximum atomic E-state index is 11.6. The molecule has 123 heavy (non-hydrogen) atoms. The molecule has 22 N–H and O–H groups in total. The highest BCUT2D eigenvalue weighted by molar-refractivity contribution is 8.00. The third-order valence-corrected chi connectivity index (χ3v) is 17.5. The number of aryl methyl sites for hydroxylation is 1. The lowest BCUT2D eigenvalue weighted by molar-refractivity contribution is -0.142. The number of nitrogens with two attached hydrogens (primary N) is 7. The molecule has 0 aliphatic heterocycles. The molecule has 35 heteroatoms. The van der Waals surface area contributed by atoms with E-state index in [2.05, 4.69) is 15.3 Å². The molecule has 0 saturated carbocycles. The van der Waals surface area contributed by atoms with Crippen molar-refractivity contribution in [2.24, 2.45) is 50.1 Å². The molecular weight excluding hydrogens is 1610 g/mol. The van der Waals surface area contributed by atoms with Crippen molar-refractivity contribution in [3.05, 3.63) is 242 Å². The van der Waals surface area contributed by atoms with Crippen molar-refractivity contribution in [2.45, 2.75) is 166 Å². The van der Waals surface area contributed by atoms with E-state index in [9.17, 15) is 76.7 Å². The first-order valence-electron chi connectivity index (χ1n) is 37.8. The fourth-order valence-corrected chi connectivity index (χ4v) is 10.3. The number of ether oxygens (including phenoxy) is 1. The first-order chi connectivity index (χ1) is 57.7. The zero-order chi connectivity index (χ0) is 93.0. The Kier molecular flexibility index (Phi) is 51.5. The number of Topliss-reactive ketones (excluding diaryl/α,β-unsaturated/α-hetero) is 6. The van der Waals surface area contributed by atoms with Crippen molar-refractivity contribution in [3.63, 3.8) is 0 Å². The Bertz CT molecular complexity index is 4510. The predicted molar refractivity (Wildman–Crippen MR) is 460 cm³/mol. The van der Waals surface area contributed by atoms with Crippen LogP contribution in [0.15, 0.2) is 185 Å². The summed E-state index contributed by atoms with van der Waals surface area (Å²) in [6.07, 6.45) is 6.10. The highest BCUT2D eigenvalue weighted by atomic mass is 32.2. The van der Waals surface area contributed by atoms with E-state index >= 15 is 0 Å². The summed E-state index contributed by atoms with van der Waals surface area (Å²) in [6, 6.07) is 42.9. The van der Waals surface area contributed by atoms with Crippen LogP contribution in [0, 0.1) is 0 Å². The SMILES string of the molecule is CC(=O)CC(=O)c1ccc(CC(N)C(=O)O)cc1.CC(=O)CCc1ccc(CC(N)C(=O)O)cc1.CC(=O)CN=Cc1ccc(CC(N)C(=O)O)cc1.CC(=O)CNC(=O)c1ccc(CC(N)C(=O)O)cc1.CC(=O)CSc1ccc(CC(N)C(=O)O)cc1.CC(=O)N=Cc1ccc(CC(N)C(=O)O)cc1.CC(=O)OCc1ccc(CC(N)C(=O)O)cc1. The molecule has 0 saturated heterocycles. The van der Waals surface area contributed by atoms with Crippen LogP contribution in [0.5, 0.6) is 0 Å². The van der Waals surface area contributed by atoms with Gasteiger partial charge < -0.3 is 90.7 Å². The van der Waals surface area contributed by atoms with Gasteiger partial charge in [0, 0.05) is 48.7 Å². The molecule has 7 rings (SSSR count). The smallest absolute Gasteiger partial charge is 0.320 e. The molecule has 0 radical (unpaired) electrons. The number of ketones is 6. The Morgan fingerprint density at radius 1 is 0.358 bits per heavy atom. The van der Waals surface area contributed by atoms with Crippen molar-refractivity contribution in [1.29, 1.82) is 0 Å². The van der Waals surface area contributed by atoms with Crippen LogP contribution in [0.25, 0.3) is 0 Å². The van der Waals surface area contributed by atoms with Crippen LogP contribution in [0.2, 0.25) is 0 Å². The first-order valence-corrected chi connectivity index (χ1v) is 38.8. The standard InChI is InChI=1S/C13H16N2O4.C13H16N2O3.C13H15NO4.C13H17NO3.C12H14N2O3.C12H15NO4.C12H15NO3S/c1-8(16)7-15-12(17)10-4-2-9(3-5-10)6-11(14)13(18)19;1-9(16)7-15-8-11-4-2-10(3-5-11)6-12(14)13(17)18;1-8(15)6-12(16)10-4-2-9(3-5-10)7-11(14)13(17)18;1-9(15)2-3-10-4-6-11(7-5-10)8-12(14)13(16)17;1-8(15)14-7-10-4-2-9(3-5-10)6-11(13)12(16)17;1-8(14)17-7-10-4-2-9(3-5-10)6-11(13)12(15)16;1-8(14)7-17-10-4-2-9(3-5-10)6-11(13)12(15)16/h2-5,11H,6-7,14H2,1H3,(H,15,17)(H,18,19);2-5,8,12H,6-7,14H2,1H3,(H,17,18);2-5,11H,6-7,14H2,1H3,(H,17,18);4-7,12H,2-3,8,14H2,1H3,(H,16,17);2-5,7,11H,6,13H2,1H3,(H,16,17);2*2-5,11H,6-7,13H2,1H3,(H,15,16). The monoisotopic (exact) mass is 1720 g/mol. The molecule has 7 aromatic rings. The summed E-state index contributed by atoms with van der Waals surface area (Å²) in [4.78, 5) is 181. The maximum Gasteiger partial charge on any atom is 0.320 e. The average Bonchev–Trinajstić information content (AvgIpc) is 0.906. The van der Waals surface area contributed by atoms with E-state index in [1.807, 2.05) is 60.7 Å². The minimum absolute atomic E-state index is 0.00945. The number of amides is 2. The highest BCUT2D eigenvalue weighted by Gasteiger charge is 2.19. The molecule has 0 spiro atoms. The van der Waals surface area contributed by atoms with Crippen LogP contribution in [0.3, 0.4) is 0 Å². The number of nitrogens with zero attached hydrogens (tertiary/aromatic N) is 2. The highest BCUT2D eigenvalue weighted by Crippen LogP contribution is 2.20. The number of aliphatic imine (C=N–C) groups is 2. The normalized spacial score (nSPS) is 12.1. The summed E-state index contributed by atoms with van der Waals surface area (Å²) in [7, 11) is 0. The van der Waals surface area contributed by atoms with Gasteiger partial charge in [-0.2, -0.15) is 0 Å². The third-order valence-electron chi connectivity index (χ3n) is 16.3. The van der Waals surface area contributed by atoms with E-state index in [4.69, 9.17) is 80.6 Å². The molecule has 0 aliphatic rings. The van der Waals surface area contributed by atoms with Crippen molar-refractivity contribution >= 4 is 118 Å². The zero-order valence-corrected chi connectivity index (χ0v) is 70.0. The van der Waals surface area contributed by atoms with Gasteiger partial charge in [-0.1, -0.05) is 146 Å². The minimum atomic E-state index is -1.07. The van der Waals surface area contributed by atoms with Gasteiger partial charge in [-0.05, 0) is 171 Å². The Morgan fingerprint density at radius 2 is 0.659 bits per heavy atom. The summed E-state index contributed by atoms with van der Waals surface area (Å²) < 4.78 is 4.83. The van der Waals surface area contributed by atoms with Gasteiger partial charge >= 0.3 is 47.8 Å². The van der Waals surface area contributed by atoms with Gasteiger partial charge in [-0.15, -0.1) is 11.8 Å². The van der Waals surface area contributed by atoms with Gasteiger partial charge in [0.1, 0.15) is 72.0 Å². The van der Waals surface area contributed by atoms with Crippen molar-refractivity contribution in [2.75, 3.05) is 18.8 Å². The largest absolute Gasteiger partial charge is 0.480 e. The van der Waals surface area contributed by atoms with E-state index in [1.54, 1.807) is 129 Å². The Balaban J connectivity index is 0.000000718. The molecule has 0 fully saturated rings. The zero-order valence-electron chi connectivity index (χ0n) is 69.2. The molecule has 660 valence electrons. The number of hydrogen-bond acceptors (Lipinski definition) is 26. The molecule has 2 amide bonds. The lowest BCUT2D eigenvalue weighted by Gasteiger charge is -2.07. The van der Waals surface area contributed by atoms with Gasteiger partial charge in [0.15, 0.2) is 11.6 Å². The summed E-state index contributed by atoms with van der Waals surface area (Å²) in [5.74, 6) is -7.90. The molecule has 7 atom stereocenters. The number of carboxylic acid groups (broad SMARTS) is 7. The molecule has 34 nitrogen and oxygen atoms in total. The number of thioether (sulfide) groups is 1.